The van der Waals surface area contributed by atoms with Crippen molar-refractivity contribution in [3.8, 4) is 6.07 Å². The van der Waals surface area contributed by atoms with Gasteiger partial charge < -0.3 is 15.4 Å². The molecule has 1 unspecified atom stereocenters. The number of aromatic nitrogens is 2. The van der Waals surface area contributed by atoms with Gasteiger partial charge in [0.25, 0.3) is 0 Å². The molecule has 1 aromatic carbocycles. The summed E-state index contributed by atoms with van der Waals surface area (Å²) < 4.78 is 1.89. The molecule has 0 aliphatic heterocycles. The van der Waals surface area contributed by atoms with Gasteiger partial charge in [-0.3, -0.25) is 0 Å². The van der Waals surface area contributed by atoms with Gasteiger partial charge in [-0.15, -0.1) is 0 Å². The highest BCUT2D eigenvalue weighted by Crippen LogP contribution is 2.12. The van der Waals surface area contributed by atoms with Gasteiger partial charge in [-0.25, -0.2) is 4.98 Å². The van der Waals surface area contributed by atoms with Gasteiger partial charge in [0, 0.05) is 12.7 Å². The molecule has 2 rings (SSSR count). The summed E-state index contributed by atoms with van der Waals surface area (Å²) in [6.07, 6.45) is 3.34. The van der Waals surface area contributed by atoms with E-state index in [1.54, 1.807) is 24.7 Å². The van der Waals surface area contributed by atoms with Crippen LogP contribution in [0, 0.1) is 11.3 Å². The Labute approximate surface area is 105 Å². The van der Waals surface area contributed by atoms with E-state index in [0.29, 0.717) is 12.1 Å². The third-order valence-corrected chi connectivity index (χ3v) is 2.76. The van der Waals surface area contributed by atoms with Gasteiger partial charge >= 0.3 is 0 Å². The number of rotatable bonds is 4. The first kappa shape index (κ1) is 12.3. The van der Waals surface area contributed by atoms with Crippen molar-refractivity contribution in [3.63, 3.8) is 0 Å². The minimum absolute atomic E-state index is 0.112. The molecule has 3 N–H and O–H groups in total. The molecule has 0 radical (unpaired) electrons. The molecule has 0 fully saturated rings. The van der Waals surface area contributed by atoms with Crippen LogP contribution < -0.4 is 5.73 Å². The van der Waals surface area contributed by atoms with Crippen molar-refractivity contribution >= 4 is 0 Å². The maximum atomic E-state index is 9.06. The van der Waals surface area contributed by atoms with Crippen LogP contribution in [-0.4, -0.2) is 21.3 Å². The molecule has 0 bridgehead atoms. The second kappa shape index (κ2) is 5.45. The average Bonchev–Trinajstić information content (AvgIpc) is 2.87. The Balaban J connectivity index is 2.18. The highest BCUT2D eigenvalue weighted by Gasteiger charge is 2.10. The third kappa shape index (κ3) is 2.56. The van der Waals surface area contributed by atoms with Gasteiger partial charge in [-0.2, -0.15) is 5.26 Å². The lowest BCUT2D eigenvalue weighted by Gasteiger charge is -2.12. The van der Waals surface area contributed by atoms with E-state index < -0.39 is 6.04 Å². The van der Waals surface area contributed by atoms with Crippen LogP contribution in [0.2, 0.25) is 0 Å². The van der Waals surface area contributed by atoms with Gasteiger partial charge in [0.05, 0.1) is 36.3 Å². The summed E-state index contributed by atoms with van der Waals surface area (Å²) >= 11 is 0. The quantitative estimate of drug-likeness (QED) is 0.829. The lowest BCUT2D eigenvalue weighted by atomic mass is 10.1. The second-order valence-electron chi connectivity index (χ2n) is 4.04. The van der Waals surface area contributed by atoms with E-state index in [-0.39, 0.29) is 6.61 Å². The van der Waals surface area contributed by atoms with Crippen molar-refractivity contribution in [1.82, 2.24) is 9.55 Å². The van der Waals surface area contributed by atoms with E-state index in [0.717, 1.165) is 11.3 Å². The minimum Gasteiger partial charge on any atom is -0.394 e. The number of nitrogens with zero attached hydrogens (tertiary/aromatic N) is 3. The van der Waals surface area contributed by atoms with E-state index >= 15 is 0 Å². The molecular formula is C13H14N4O. The van der Waals surface area contributed by atoms with Crippen LogP contribution in [0.4, 0.5) is 0 Å². The number of hydrogen-bond donors (Lipinski definition) is 2. The summed E-state index contributed by atoms with van der Waals surface area (Å²) in [5.41, 5.74) is 8.27. The predicted molar refractivity (Wildman–Crippen MR) is 66.5 cm³/mol. The molecule has 2 aromatic rings. The van der Waals surface area contributed by atoms with E-state index in [4.69, 9.17) is 16.1 Å². The van der Waals surface area contributed by atoms with E-state index in [1.165, 1.54) is 0 Å². The number of aliphatic hydroxyl groups excluding tert-OH is 1. The molecule has 5 nitrogen and oxygen atoms in total. The van der Waals surface area contributed by atoms with E-state index in [2.05, 4.69) is 11.1 Å². The summed E-state index contributed by atoms with van der Waals surface area (Å²) in [4.78, 5) is 4.04. The van der Waals surface area contributed by atoms with Crippen LogP contribution in [0.3, 0.4) is 0 Å². The predicted octanol–water partition coefficient (Wildman–Crippen LogP) is 0.795. The van der Waals surface area contributed by atoms with Gasteiger partial charge in [-0.05, 0) is 17.7 Å². The number of aliphatic hydroxyl groups is 1. The number of nitriles is 1. The fraction of sp³-hybridized carbons (Fsp3) is 0.231. The Morgan fingerprint density at radius 2 is 2.11 bits per heavy atom. The molecule has 1 atom stereocenters. The van der Waals surface area contributed by atoms with E-state index in [1.807, 2.05) is 16.7 Å². The summed E-state index contributed by atoms with van der Waals surface area (Å²) in [7, 11) is 0. The Kier molecular flexibility index (Phi) is 3.72. The molecule has 5 heteroatoms. The molecule has 92 valence electrons. The smallest absolute Gasteiger partial charge is 0.0991 e. The van der Waals surface area contributed by atoms with Crippen LogP contribution >= 0.6 is 0 Å². The molecule has 1 heterocycles. The lowest BCUT2D eigenvalue weighted by Crippen LogP contribution is -2.19. The number of benzene rings is 1. The van der Waals surface area contributed by atoms with Gasteiger partial charge in [0.2, 0.25) is 0 Å². The molecule has 0 saturated heterocycles. The number of hydrogen-bond acceptors (Lipinski definition) is 4. The Morgan fingerprint density at radius 3 is 2.72 bits per heavy atom. The number of nitrogens with two attached hydrogens (primary N) is 1. The largest absolute Gasteiger partial charge is 0.394 e. The normalized spacial score (nSPS) is 12.1. The van der Waals surface area contributed by atoms with Crippen LogP contribution in [0.15, 0.2) is 36.8 Å². The van der Waals surface area contributed by atoms with E-state index in [9.17, 15) is 0 Å². The summed E-state index contributed by atoms with van der Waals surface area (Å²) in [6, 6.07) is 9.00. The second-order valence-corrected chi connectivity index (χ2v) is 4.04. The van der Waals surface area contributed by atoms with Crippen molar-refractivity contribution in [1.29, 1.82) is 5.26 Å². The zero-order valence-corrected chi connectivity index (χ0v) is 9.82. The molecule has 0 spiro atoms. The van der Waals surface area contributed by atoms with Crippen molar-refractivity contribution in [2.75, 3.05) is 6.61 Å². The molecule has 18 heavy (non-hydrogen) atoms. The average molecular weight is 242 g/mol. The topological polar surface area (TPSA) is 87.9 Å². The lowest BCUT2D eigenvalue weighted by molar-refractivity contribution is 0.263. The molecule has 0 saturated carbocycles. The first-order valence-electron chi connectivity index (χ1n) is 5.60. The molecule has 1 aromatic heterocycles. The third-order valence-electron chi connectivity index (χ3n) is 2.76. The first-order chi connectivity index (χ1) is 8.74. The standard InChI is InChI=1S/C13H14N4O/c14-5-10-1-3-11(4-2-10)7-17-9-16-6-13(17)12(15)8-18/h1-4,6,9,12,18H,7-8,15H2. The Hall–Kier alpha value is -2.16. The maximum absolute atomic E-state index is 9.06. The van der Waals surface area contributed by atoms with Gasteiger partial charge in [0.15, 0.2) is 0 Å². The summed E-state index contributed by atoms with van der Waals surface area (Å²) in [6.45, 7) is 0.508. The fourth-order valence-electron chi connectivity index (χ4n) is 1.75. The summed E-state index contributed by atoms with van der Waals surface area (Å²) in [5.74, 6) is 0. The van der Waals surface area contributed by atoms with Crippen LogP contribution in [0.5, 0.6) is 0 Å². The molecule has 0 aliphatic carbocycles. The van der Waals surface area contributed by atoms with Crippen LogP contribution in [0.25, 0.3) is 0 Å². The summed E-state index contributed by atoms with van der Waals surface area (Å²) in [5, 5.41) is 17.8. The SMILES string of the molecule is N#Cc1ccc(Cn2cncc2C(N)CO)cc1. The first-order valence-corrected chi connectivity index (χ1v) is 5.60. The zero-order valence-electron chi connectivity index (χ0n) is 9.82. The van der Waals surface area contributed by atoms with Crippen LogP contribution in [-0.2, 0) is 6.54 Å². The maximum Gasteiger partial charge on any atom is 0.0991 e. The van der Waals surface area contributed by atoms with Gasteiger partial charge in [0.1, 0.15) is 0 Å². The zero-order chi connectivity index (χ0) is 13.0. The van der Waals surface area contributed by atoms with Crippen molar-refractivity contribution in [2.45, 2.75) is 12.6 Å². The minimum atomic E-state index is -0.425. The van der Waals surface area contributed by atoms with Crippen molar-refractivity contribution in [3.05, 3.63) is 53.6 Å². The van der Waals surface area contributed by atoms with Crippen molar-refractivity contribution in [2.24, 2.45) is 5.73 Å². The van der Waals surface area contributed by atoms with Crippen LogP contribution in [0.1, 0.15) is 22.9 Å². The molecular weight excluding hydrogens is 228 g/mol. The monoisotopic (exact) mass is 242 g/mol. The van der Waals surface area contributed by atoms with Crippen molar-refractivity contribution < 1.29 is 5.11 Å². The Bertz CT molecular complexity index is 553. The Morgan fingerprint density at radius 1 is 1.39 bits per heavy atom. The molecule has 0 amide bonds. The van der Waals surface area contributed by atoms with Gasteiger partial charge in [-0.1, -0.05) is 12.1 Å². The number of imidazole rings is 1. The fourth-order valence-corrected chi connectivity index (χ4v) is 1.75. The highest BCUT2D eigenvalue weighted by molar-refractivity contribution is 5.31. The molecule has 0 aliphatic rings. The highest BCUT2D eigenvalue weighted by atomic mass is 16.3.